The van der Waals surface area contributed by atoms with E-state index in [9.17, 15) is 4.79 Å². The van der Waals surface area contributed by atoms with Crippen molar-refractivity contribution in [3.63, 3.8) is 0 Å². The molecule has 0 aromatic carbocycles. The second kappa shape index (κ2) is 10.00. The maximum absolute atomic E-state index is 11.1. The zero-order chi connectivity index (χ0) is 13.9. The molecule has 0 aliphatic rings. The molecule has 0 atom stereocenters. The van der Waals surface area contributed by atoms with Gasteiger partial charge in [-0.25, -0.2) is 9.39 Å². The average molecular weight is 269 g/mol. The van der Waals surface area contributed by atoms with Gasteiger partial charge in [-0.3, -0.25) is 0 Å². The van der Waals surface area contributed by atoms with E-state index in [-0.39, 0.29) is 17.1 Å². The molecular formula is C5H21N10O3+. The van der Waals surface area contributed by atoms with Crippen LogP contribution in [0.25, 0.3) is 0 Å². The minimum Gasteiger partial charge on any atom is -0.465 e. The van der Waals surface area contributed by atoms with Gasteiger partial charge < -0.3 is 9.94 Å². The molecule has 0 rings (SSSR count). The van der Waals surface area contributed by atoms with E-state index in [0.717, 1.165) is 0 Å². The lowest BCUT2D eigenvalue weighted by molar-refractivity contribution is -0.933. The summed E-state index contributed by atoms with van der Waals surface area (Å²) in [6, 6.07) is 0. The van der Waals surface area contributed by atoms with Crippen molar-refractivity contribution in [1.29, 1.82) is 0 Å². The van der Waals surface area contributed by atoms with Crippen LogP contribution in [0.15, 0.2) is 0 Å². The Morgan fingerprint density at radius 3 is 2.06 bits per heavy atom. The predicted molar refractivity (Wildman–Crippen MR) is 59.0 cm³/mol. The van der Waals surface area contributed by atoms with Crippen LogP contribution in [-0.4, -0.2) is 43.5 Å². The Morgan fingerprint density at radius 2 is 1.56 bits per heavy atom. The Hall–Kier alpha value is -0.970. The maximum Gasteiger partial charge on any atom is 0.363 e. The first-order chi connectivity index (χ1) is 8.52. The van der Waals surface area contributed by atoms with E-state index in [1.54, 1.807) is 19.7 Å². The summed E-state index contributed by atoms with van der Waals surface area (Å²) in [5, 5.41) is 8.10. The van der Waals surface area contributed by atoms with Gasteiger partial charge in [0.25, 0.3) is 0 Å². The molecule has 10 N–H and O–H groups in total. The van der Waals surface area contributed by atoms with Gasteiger partial charge in [0.1, 0.15) is 0 Å². The summed E-state index contributed by atoms with van der Waals surface area (Å²) in [7, 11) is 4.85. The molecule has 0 radical (unpaired) electrons. The number of nitrogens with zero attached hydrogens (tertiary/aromatic N) is 1. The lowest BCUT2D eigenvalue weighted by Gasteiger charge is -2.27. The van der Waals surface area contributed by atoms with Gasteiger partial charge in [0.05, 0.1) is 21.2 Å². The molecule has 0 aliphatic carbocycles. The highest BCUT2D eigenvalue weighted by Gasteiger charge is 2.20. The summed E-state index contributed by atoms with van der Waals surface area (Å²) < 4.78 is 4.70. The van der Waals surface area contributed by atoms with Crippen LogP contribution in [0.4, 0.5) is 0 Å². The quantitative estimate of drug-likeness (QED) is 0.0757. The minimum atomic E-state index is -0.339. The number of hydrazine groups is 8. The number of methoxy groups -OCH3 is 1. The number of quaternary nitrogens is 1. The fraction of sp³-hybridized carbons (Fsp3) is 0.800. The van der Waals surface area contributed by atoms with Crippen molar-refractivity contribution < 1.29 is 19.3 Å². The van der Waals surface area contributed by atoms with Crippen LogP contribution >= 0.6 is 0 Å². The second-order valence-electron chi connectivity index (χ2n) is 3.52. The molecule has 0 spiro atoms. The highest BCUT2D eigenvalue weighted by Crippen LogP contribution is 1.89. The fourth-order valence-electron chi connectivity index (χ4n) is 0.790. The number of rotatable bonds is 11. The van der Waals surface area contributed by atoms with Crippen molar-refractivity contribution in [2.24, 2.45) is 0 Å². The number of ether oxygens (including phenoxy) is 1. The SMILES string of the molecule is COC(=O)C[N+](C)(C)NNNNNNNNNO. The van der Waals surface area contributed by atoms with Gasteiger partial charge >= 0.3 is 5.97 Å². The summed E-state index contributed by atoms with van der Waals surface area (Å²) in [4.78, 5) is 11.1. The monoisotopic (exact) mass is 269 g/mol. The molecule has 0 heterocycles. The highest BCUT2D eigenvalue weighted by atomic mass is 16.5. The second-order valence-corrected chi connectivity index (χ2v) is 3.52. The molecule has 0 fully saturated rings. The maximum atomic E-state index is 11.1. The summed E-state index contributed by atoms with van der Waals surface area (Å²) >= 11 is 0. The number of carbonyl (C=O) groups is 1. The smallest absolute Gasteiger partial charge is 0.363 e. The first kappa shape index (κ1) is 17.0. The number of hydrogen-bond donors (Lipinski definition) is 10. The van der Waals surface area contributed by atoms with Crippen LogP contribution in [-0.2, 0) is 9.53 Å². The van der Waals surface area contributed by atoms with E-state index in [1.165, 1.54) is 7.11 Å². The van der Waals surface area contributed by atoms with E-state index in [0.29, 0.717) is 0 Å². The van der Waals surface area contributed by atoms with Crippen molar-refractivity contribution in [2.45, 2.75) is 0 Å². The zero-order valence-corrected chi connectivity index (χ0v) is 10.4. The Morgan fingerprint density at radius 1 is 1.06 bits per heavy atom. The summed E-state index contributed by atoms with van der Waals surface area (Å²) in [6.07, 6.45) is 0. The Balaban J connectivity index is 3.44. The standard InChI is InChI=1S/C5H21N10O3/c1-15(2,4-5(16)18-3)13-11-9-7-6-8-10-12-14-17/h6-14,17H,4H2,1-3H3/q+1. The van der Waals surface area contributed by atoms with Gasteiger partial charge in [-0.15, -0.1) is 11.1 Å². The van der Waals surface area contributed by atoms with Crippen LogP contribution in [0.3, 0.4) is 0 Å². The Bertz CT molecular complexity index is 226. The van der Waals surface area contributed by atoms with Crippen molar-refractivity contribution >= 4 is 5.97 Å². The Labute approximate surface area is 104 Å². The number of carbonyl (C=O) groups excluding carboxylic acids is 1. The lowest BCUT2D eigenvalue weighted by atomic mass is 10.6. The van der Waals surface area contributed by atoms with Gasteiger partial charge in [0, 0.05) is 0 Å². The highest BCUT2D eigenvalue weighted by molar-refractivity contribution is 5.70. The molecule has 0 aliphatic heterocycles. The Kier molecular flexibility index (Phi) is 9.46. The molecule has 0 bridgehead atoms. The number of likely N-dealkylation sites (N-methyl/N-ethyl adjacent to an activating group) is 1. The van der Waals surface area contributed by atoms with E-state index in [2.05, 4.69) is 49.0 Å². The van der Waals surface area contributed by atoms with Crippen LogP contribution < -0.4 is 49.9 Å². The summed E-state index contributed by atoms with van der Waals surface area (Å²) in [5.41, 5.74) is 21.2. The van der Waals surface area contributed by atoms with E-state index >= 15 is 0 Å². The van der Waals surface area contributed by atoms with Crippen molar-refractivity contribution in [3.05, 3.63) is 0 Å². The number of hydrogen-bond acceptors (Lipinski definition) is 12. The largest absolute Gasteiger partial charge is 0.465 e. The van der Waals surface area contributed by atoms with Gasteiger partial charge in [-0.1, -0.05) is 5.53 Å². The van der Waals surface area contributed by atoms with Gasteiger partial charge in [-0.05, 0) is 0 Å². The van der Waals surface area contributed by atoms with E-state index < -0.39 is 0 Å². The van der Waals surface area contributed by atoms with Crippen LogP contribution in [0.5, 0.6) is 0 Å². The number of nitrogens with one attached hydrogen (secondary N) is 9. The molecule has 0 saturated heterocycles. The first-order valence-corrected chi connectivity index (χ1v) is 4.83. The molecule has 13 nitrogen and oxygen atoms in total. The van der Waals surface area contributed by atoms with Crippen molar-refractivity contribution in [2.75, 3.05) is 27.7 Å². The molecule has 18 heavy (non-hydrogen) atoms. The third-order valence-corrected chi connectivity index (χ3v) is 1.54. The van der Waals surface area contributed by atoms with Gasteiger partial charge in [0.15, 0.2) is 6.54 Å². The number of esters is 1. The molecule has 0 unspecified atom stereocenters. The first-order valence-electron chi connectivity index (χ1n) is 4.83. The van der Waals surface area contributed by atoms with Crippen LogP contribution in [0.2, 0.25) is 0 Å². The minimum absolute atomic E-state index is 0.143. The topological polar surface area (TPSA) is 155 Å². The van der Waals surface area contributed by atoms with Crippen LogP contribution in [0.1, 0.15) is 0 Å². The summed E-state index contributed by atoms with van der Waals surface area (Å²) in [6.45, 7) is 0.143. The average Bonchev–Trinajstić information content (AvgIpc) is 2.31. The fourth-order valence-corrected chi connectivity index (χ4v) is 0.790. The predicted octanol–water partition coefficient (Wildman–Crippen LogP) is -4.83. The van der Waals surface area contributed by atoms with E-state index in [4.69, 9.17) is 5.21 Å². The molecule has 0 aromatic heterocycles. The third kappa shape index (κ3) is 10.2. The van der Waals surface area contributed by atoms with Crippen LogP contribution in [0, 0.1) is 0 Å². The molecule has 0 aromatic rings. The molecule has 0 amide bonds. The lowest BCUT2D eigenvalue weighted by Crippen LogP contribution is -2.68. The molecule has 0 saturated carbocycles. The normalized spacial score (nSPS) is 11.6. The summed E-state index contributed by atoms with van der Waals surface area (Å²) in [5.74, 6) is -0.339. The van der Waals surface area contributed by atoms with Crippen molar-refractivity contribution in [1.82, 2.24) is 49.9 Å². The molecular weight excluding hydrogens is 248 g/mol. The zero-order valence-electron chi connectivity index (χ0n) is 10.4. The van der Waals surface area contributed by atoms with Gasteiger partial charge in [0.2, 0.25) is 0 Å². The van der Waals surface area contributed by atoms with E-state index in [1.807, 2.05) is 0 Å². The van der Waals surface area contributed by atoms with Gasteiger partial charge in [-0.2, -0.15) is 33.2 Å². The molecule has 108 valence electrons. The molecule has 13 heteroatoms. The third-order valence-electron chi connectivity index (χ3n) is 1.54. The van der Waals surface area contributed by atoms with Crippen molar-refractivity contribution in [3.8, 4) is 0 Å².